The Labute approximate surface area is 108 Å². The van der Waals surface area contributed by atoms with Gasteiger partial charge in [0.05, 0.1) is 33.0 Å². The maximum atomic E-state index is 8.49. The molecule has 4 N–H and O–H groups in total. The largest absolute Gasteiger partial charge is 0.399 e. The minimum Gasteiger partial charge on any atom is -0.399 e. The topological polar surface area (TPSA) is 76.7 Å². The number of nitrogen functional groups attached to an aromatic ring is 1. The lowest BCUT2D eigenvalue weighted by Gasteiger charge is -2.09. The second-order valence-corrected chi connectivity index (χ2v) is 3.95. The van der Waals surface area contributed by atoms with Crippen LogP contribution in [0.2, 0.25) is 0 Å². The van der Waals surface area contributed by atoms with Crippen LogP contribution in [-0.4, -0.2) is 44.7 Å². The van der Waals surface area contributed by atoms with E-state index in [4.69, 9.17) is 20.3 Å². The Balaban J connectivity index is 2.05. The van der Waals surface area contributed by atoms with Gasteiger partial charge in [-0.2, -0.15) is 0 Å². The molecule has 5 nitrogen and oxygen atoms in total. The van der Waals surface area contributed by atoms with Gasteiger partial charge in [0.15, 0.2) is 0 Å². The van der Waals surface area contributed by atoms with Crippen molar-refractivity contribution in [2.75, 3.05) is 50.6 Å². The molecule has 1 aromatic carbocycles. The number of hydrogen-bond donors (Lipinski definition) is 3. The predicted octanol–water partition coefficient (Wildman–Crippen LogP) is 1.01. The fourth-order valence-corrected chi connectivity index (χ4v) is 1.44. The standard InChI is InChI=1S/C13H22N2O3/c1-11-10-12(2-3-13(11)14)15-4-6-17-8-9-18-7-5-16/h2-3,10,15-16H,4-9,14H2,1H3. The number of nitrogens with one attached hydrogen (secondary N) is 1. The first kappa shape index (κ1) is 14.8. The van der Waals surface area contributed by atoms with E-state index in [1.54, 1.807) is 0 Å². The molecule has 18 heavy (non-hydrogen) atoms. The number of aliphatic hydroxyl groups excluding tert-OH is 1. The van der Waals surface area contributed by atoms with Crippen LogP contribution < -0.4 is 11.1 Å². The molecule has 0 saturated heterocycles. The average molecular weight is 254 g/mol. The van der Waals surface area contributed by atoms with E-state index in [-0.39, 0.29) is 6.61 Å². The van der Waals surface area contributed by atoms with Crippen molar-refractivity contribution in [2.45, 2.75) is 6.92 Å². The molecule has 0 aliphatic heterocycles. The Bertz CT molecular complexity index is 345. The number of rotatable bonds is 9. The highest BCUT2D eigenvalue weighted by Gasteiger charge is 1.96. The summed E-state index contributed by atoms with van der Waals surface area (Å²) < 4.78 is 10.4. The van der Waals surface area contributed by atoms with Gasteiger partial charge in [-0.1, -0.05) is 0 Å². The van der Waals surface area contributed by atoms with Crippen molar-refractivity contribution in [3.63, 3.8) is 0 Å². The van der Waals surface area contributed by atoms with Gasteiger partial charge in [-0.3, -0.25) is 0 Å². The van der Waals surface area contributed by atoms with Gasteiger partial charge in [-0.25, -0.2) is 0 Å². The van der Waals surface area contributed by atoms with Crippen LogP contribution in [0.3, 0.4) is 0 Å². The zero-order valence-electron chi connectivity index (χ0n) is 10.8. The quantitative estimate of drug-likeness (QED) is 0.453. The van der Waals surface area contributed by atoms with Gasteiger partial charge in [0, 0.05) is 17.9 Å². The lowest BCUT2D eigenvalue weighted by atomic mass is 10.2. The van der Waals surface area contributed by atoms with Gasteiger partial charge in [0.1, 0.15) is 0 Å². The lowest BCUT2D eigenvalue weighted by Crippen LogP contribution is -2.13. The van der Waals surface area contributed by atoms with E-state index < -0.39 is 0 Å². The van der Waals surface area contributed by atoms with Crippen molar-refractivity contribution < 1.29 is 14.6 Å². The molecule has 0 radical (unpaired) electrons. The van der Waals surface area contributed by atoms with E-state index in [2.05, 4.69) is 5.32 Å². The molecule has 0 bridgehead atoms. The van der Waals surface area contributed by atoms with Crippen molar-refractivity contribution >= 4 is 11.4 Å². The van der Waals surface area contributed by atoms with Crippen LogP contribution in [0.5, 0.6) is 0 Å². The predicted molar refractivity (Wildman–Crippen MR) is 72.8 cm³/mol. The van der Waals surface area contributed by atoms with Crippen LogP contribution in [0, 0.1) is 6.92 Å². The summed E-state index contributed by atoms with van der Waals surface area (Å²) in [5.74, 6) is 0. The number of nitrogens with two attached hydrogens (primary N) is 1. The number of aliphatic hydroxyl groups is 1. The summed E-state index contributed by atoms with van der Waals surface area (Å²) in [6.45, 7) is 4.82. The first-order chi connectivity index (χ1) is 8.74. The molecular weight excluding hydrogens is 232 g/mol. The van der Waals surface area contributed by atoms with Gasteiger partial charge in [-0.05, 0) is 30.7 Å². The van der Waals surface area contributed by atoms with Crippen molar-refractivity contribution in [1.82, 2.24) is 0 Å². The van der Waals surface area contributed by atoms with Crippen LogP contribution in [0.1, 0.15) is 5.56 Å². The molecule has 0 aromatic heterocycles. The Morgan fingerprint density at radius 2 is 1.89 bits per heavy atom. The fraction of sp³-hybridized carbons (Fsp3) is 0.538. The van der Waals surface area contributed by atoms with Crippen molar-refractivity contribution in [2.24, 2.45) is 0 Å². The first-order valence-electron chi connectivity index (χ1n) is 6.10. The second-order valence-electron chi connectivity index (χ2n) is 3.95. The Kier molecular flexibility index (Phi) is 7.17. The monoisotopic (exact) mass is 254 g/mol. The number of ether oxygens (including phenoxy) is 2. The minimum absolute atomic E-state index is 0.0536. The first-order valence-corrected chi connectivity index (χ1v) is 6.10. The molecule has 1 rings (SSSR count). The summed E-state index contributed by atoms with van der Waals surface area (Å²) in [6, 6.07) is 5.85. The van der Waals surface area contributed by atoms with E-state index >= 15 is 0 Å². The fourth-order valence-electron chi connectivity index (χ4n) is 1.44. The third-order valence-corrected chi connectivity index (χ3v) is 2.45. The smallest absolute Gasteiger partial charge is 0.0701 e. The summed E-state index contributed by atoms with van der Waals surface area (Å²) in [4.78, 5) is 0. The highest BCUT2D eigenvalue weighted by atomic mass is 16.5. The molecule has 0 amide bonds. The van der Waals surface area contributed by atoms with Gasteiger partial charge in [0.2, 0.25) is 0 Å². The summed E-state index contributed by atoms with van der Waals surface area (Å²) in [7, 11) is 0. The molecule has 1 aromatic rings. The third kappa shape index (κ3) is 5.86. The Morgan fingerprint density at radius 3 is 2.56 bits per heavy atom. The summed E-state index contributed by atoms with van der Waals surface area (Å²) in [5.41, 5.74) is 8.65. The Morgan fingerprint density at radius 1 is 1.17 bits per heavy atom. The van der Waals surface area contributed by atoms with Crippen molar-refractivity contribution in [1.29, 1.82) is 0 Å². The summed E-state index contributed by atoms with van der Waals surface area (Å²) >= 11 is 0. The van der Waals surface area contributed by atoms with E-state index in [0.29, 0.717) is 26.4 Å². The summed E-state index contributed by atoms with van der Waals surface area (Å²) in [6.07, 6.45) is 0. The van der Waals surface area contributed by atoms with Crippen LogP contribution in [0.25, 0.3) is 0 Å². The van der Waals surface area contributed by atoms with E-state index in [0.717, 1.165) is 23.5 Å². The number of benzene rings is 1. The molecule has 5 heteroatoms. The maximum Gasteiger partial charge on any atom is 0.0701 e. The normalized spacial score (nSPS) is 10.6. The summed E-state index contributed by atoms with van der Waals surface area (Å²) in [5, 5.41) is 11.7. The molecular formula is C13H22N2O3. The lowest BCUT2D eigenvalue weighted by molar-refractivity contribution is 0.0361. The van der Waals surface area contributed by atoms with E-state index in [1.807, 2.05) is 25.1 Å². The van der Waals surface area contributed by atoms with E-state index in [1.165, 1.54) is 0 Å². The Hall–Kier alpha value is -1.30. The number of hydrogen-bond acceptors (Lipinski definition) is 5. The molecule has 0 heterocycles. The number of anilines is 2. The van der Waals surface area contributed by atoms with Crippen LogP contribution in [0.15, 0.2) is 18.2 Å². The van der Waals surface area contributed by atoms with Crippen molar-refractivity contribution in [3.8, 4) is 0 Å². The molecule has 0 fully saturated rings. The SMILES string of the molecule is Cc1cc(NCCOCCOCCO)ccc1N. The highest BCUT2D eigenvalue weighted by Crippen LogP contribution is 2.15. The second kappa shape index (κ2) is 8.74. The zero-order valence-corrected chi connectivity index (χ0v) is 10.8. The molecule has 0 unspecified atom stereocenters. The van der Waals surface area contributed by atoms with Crippen LogP contribution in [0.4, 0.5) is 11.4 Å². The van der Waals surface area contributed by atoms with Gasteiger partial charge >= 0.3 is 0 Å². The van der Waals surface area contributed by atoms with Crippen molar-refractivity contribution in [3.05, 3.63) is 23.8 Å². The molecule has 0 aliphatic carbocycles. The highest BCUT2D eigenvalue weighted by molar-refractivity contribution is 5.56. The molecule has 0 atom stereocenters. The van der Waals surface area contributed by atoms with E-state index in [9.17, 15) is 0 Å². The third-order valence-electron chi connectivity index (χ3n) is 2.45. The van der Waals surface area contributed by atoms with Gasteiger partial charge in [-0.15, -0.1) is 0 Å². The van der Waals surface area contributed by atoms with Gasteiger partial charge < -0.3 is 25.6 Å². The van der Waals surface area contributed by atoms with Crippen LogP contribution in [-0.2, 0) is 9.47 Å². The average Bonchev–Trinajstić information content (AvgIpc) is 2.37. The minimum atomic E-state index is 0.0536. The zero-order chi connectivity index (χ0) is 13.2. The molecule has 0 spiro atoms. The molecule has 0 aliphatic rings. The molecule has 0 saturated carbocycles. The van der Waals surface area contributed by atoms with Gasteiger partial charge in [0.25, 0.3) is 0 Å². The van der Waals surface area contributed by atoms with Crippen LogP contribution >= 0.6 is 0 Å². The molecule has 102 valence electrons. The maximum absolute atomic E-state index is 8.49. The number of aryl methyl sites for hydroxylation is 1.